The van der Waals surface area contributed by atoms with Crippen LogP contribution in [0.25, 0.3) is 16.3 Å². The molecule has 136 valence electrons. The Labute approximate surface area is 167 Å². The quantitative estimate of drug-likeness (QED) is 0.414. The van der Waals surface area contributed by atoms with Crippen molar-refractivity contribution in [3.8, 4) is 16.3 Å². The predicted molar refractivity (Wildman–Crippen MR) is 113 cm³/mol. The van der Waals surface area contributed by atoms with E-state index < -0.39 is 0 Å². The average Bonchev–Trinajstić information content (AvgIpc) is 3.28. The SMILES string of the molecule is Cc1ccc(-n2c(C)nnc2SCc2csc(-c3cccc(C)c3)n2)cc1. The molecular weight excluding hydrogens is 372 g/mol. The second-order valence-electron chi connectivity index (χ2n) is 6.50. The normalized spacial score (nSPS) is 11.1. The van der Waals surface area contributed by atoms with E-state index in [1.54, 1.807) is 23.1 Å². The van der Waals surface area contributed by atoms with Gasteiger partial charge in [0.1, 0.15) is 10.8 Å². The lowest BCUT2D eigenvalue weighted by Crippen LogP contribution is -1.99. The summed E-state index contributed by atoms with van der Waals surface area (Å²) in [5.41, 5.74) is 5.82. The first kappa shape index (κ1) is 17.9. The van der Waals surface area contributed by atoms with Gasteiger partial charge in [0.15, 0.2) is 5.16 Å². The molecule has 2 aromatic heterocycles. The lowest BCUT2D eigenvalue weighted by Gasteiger charge is -2.08. The summed E-state index contributed by atoms with van der Waals surface area (Å²) < 4.78 is 2.10. The van der Waals surface area contributed by atoms with Crippen molar-refractivity contribution < 1.29 is 0 Å². The molecule has 0 aliphatic heterocycles. The van der Waals surface area contributed by atoms with Crippen LogP contribution in [0.15, 0.2) is 59.1 Å². The van der Waals surface area contributed by atoms with E-state index in [4.69, 9.17) is 4.98 Å². The molecule has 0 unspecified atom stereocenters. The number of thioether (sulfide) groups is 1. The van der Waals surface area contributed by atoms with E-state index in [9.17, 15) is 0 Å². The molecule has 0 aliphatic rings. The molecule has 0 bridgehead atoms. The Morgan fingerprint density at radius 2 is 1.78 bits per heavy atom. The number of nitrogens with zero attached hydrogens (tertiary/aromatic N) is 4. The molecule has 0 saturated heterocycles. The van der Waals surface area contributed by atoms with Crippen LogP contribution in [0.4, 0.5) is 0 Å². The van der Waals surface area contributed by atoms with E-state index in [-0.39, 0.29) is 0 Å². The Hall–Kier alpha value is -2.44. The van der Waals surface area contributed by atoms with Gasteiger partial charge in [0.25, 0.3) is 0 Å². The first-order chi connectivity index (χ1) is 13.1. The van der Waals surface area contributed by atoms with Crippen molar-refractivity contribution in [2.75, 3.05) is 0 Å². The Morgan fingerprint density at radius 3 is 2.56 bits per heavy atom. The zero-order valence-corrected chi connectivity index (χ0v) is 17.1. The van der Waals surface area contributed by atoms with Gasteiger partial charge in [0.2, 0.25) is 0 Å². The predicted octanol–water partition coefficient (Wildman–Crippen LogP) is 5.61. The fourth-order valence-electron chi connectivity index (χ4n) is 2.85. The Morgan fingerprint density at radius 1 is 0.963 bits per heavy atom. The highest BCUT2D eigenvalue weighted by Gasteiger charge is 2.13. The number of rotatable bonds is 5. The number of hydrogen-bond donors (Lipinski definition) is 0. The summed E-state index contributed by atoms with van der Waals surface area (Å²) in [5, 5.41) is 12.7. The fraction of sp³-hybridized carbons (Fsp3) is 0.190. The summed E-state index contributed by atoms with van der Waals surface area (Å²) in [4.78, 5) is 4.80. The van der Waals surface area contributed by atoms with Crippen LogP contribution in [0.5, 0.6) is 0 Å². The highest BCUT2D eigenvalue weighted by Crippen LogP contribution is 2.29. The van der Waals surface area contributed by atoms with Crippen molar-refractivity contribution in [3.63, 3.8) is 0 Å². The summed E-state index contributed by atoms with van der Waals surface area (Å²) in [6, 6.07) is 16.9. The van der Waals surface area contributed by atoms with Crippen LogP contribution in [0.3, 0.4) is 0 Å². The van der Waals surface area contributed by atoms with Crippen molar-refractivity contribution in [2.45, 2.75) is 31.7 Å². The van der Waals surface area contributed by atoms with Crippen molar-refractivity contribution in [1.82, 2.24) is 19.7 Å². The van der Waals surface area contributed by atoms with Crippen LogP contribution < -0.4 is 0 Å². The minimum atomic E-state index is 0.770. The van der Waals surface area contributed by atoms with Gasteiger partial charge in [-0.05, 0) is 39.0 Å². The molecule has 27 heavy (non-hydrogen) atoms. The highest BCUT2D eigenvalue weighted by atomic mass is 32.2. The standard InChI is InChI=1S/C21H20N4S2/c1-14-7-9-19(10-8-14)25-16(3)23-24-21(25)27-13-18-12-26-20(22-18)17-6-4-5-15(2)11-17/h4-12H,13H2,1-3H3. The third-order valence-corrected chi connectivity index (χ3v) is 6.16. The molecule has 4 aromatic rings. The molecule has 2 aromatic carbocycles. The third-order valence-electron chi connectivity index (χ3n) is 4.25. The second kappa shape index (κ2) is 7.66. The zero-order chi connectivity index (χ0) is 18.8. The third kappa shape index (κ3) is 3.96. The van der Waals surface area contributed by atoms with Gasteiger partial charge >= 0.3 is 0 Å². The smallest absolute Gasteiger partial charge is 0.196 e. The number of aryl methyl sites for hydroxylation is 3. The first-order valence-corrected chi connectivity index (χ1v) is 10.6. The molecule has 4 rings (SSSR count). The van der Waals surface area contributed by atoms with Gasteiger partial charge in [-0.1, -0.05) is 53.2 Å². The van der Waals surface area contributed by atoms with E-state index in [0.717, 1.165) is 33.1 Å². The van der Waals surface area contributed by atoms with Crippen molar-refractivity contribution in [3.05, 3.63) is 76.6 Å². The lowest BCUT2D eigenvalue weighted by molar-refractivity contribution is 0.867. The van der Waals surface area contributed by atoms with Crippen LogP contribution >= 0.6 is 23.1 Å². The average molecular weight is 393 g/mol. The van der Waals surface area contributed by atoms with Crippen molar-refractivity contribution in [2.24, 2.45) is 0 Å². The van der Waals surface area contributed by atoms with E-state index in [2.05, 4.69) is 82.5 Å². The van der Waals surface area contributed by atoms with Crippen LogP contribution in [-0.2, 0) is 5.75 Å². The van der Waals surface area contributed by atoms with Gasteiger partial charge in [-0.15, -0.1) is 21.5 Å². The summed E-state index contributed by atoms with van der Waals surface area (Å²) in [7, 11) is 0. The summed E-state index contributed by atoms with van der Waals surface area (Å²) in [6.45, 7) is 6.18. The van der Waals surface area contributed by atoms with Gasteiger partial charge in [0, 0.05) is 22.4 Å². The topological polar surface area (TPSA) is 43.6 Å². The molecule has 0 N–H and O–H groups in total. The van der Waals surface area contributed by atoms with Crippen LogP contribution in [0.2, 0.25) is 0 Å². The van der Waals surface area contributed by atoms with E-state index in [1.807, 2.05) is 6.92 Å². The molecule has 0 amide bonds. The lowest BCUT2D eigenvalue weighted by atomic mass is 10.1. The molecule has 0 spiro atoms. The van der Waals surface area contributed by atoms with Crippen LogP contribution in [-0.4, -0.2) is 19.7 Å². The molecule has 4 nitrogen and oxygen atoms in total. The van der Waals surface area contributed by atoms with Gasteiger partial charge < -0.3 is 0 Å². The van der Waals surface area contributed by atoms with Crippen LogP contribution in [0, 0.1) is 20.8 Å². The molecule has 6 heteroatoms. The van der Waals surface area contributed by atoms with E-state index in [0.29, 0.717) is 0 Å². The number of hydrogen-bond acceptors (Lipinski definition) is 5. The van der Waals surface area contributed by atoms with Gasteiger partial charge in [-0.25, -0.2) is 4.98 Å². The minimum absolute atomic E-state index is 0.770. The summed E-state index contributed by atoms with van der Waals surface area (Å²) >= 11 is 3.35. The maximum Gasteiger partial charge on any atom is 0.196 e. The van der Waals surface area contributed by atoms with E-state index >= 15 is 0 Å². The summed E-state index contributed by atoms with van der Waals surface area (Å²) in [6.07, 6.45) is 0. The van der Waals surface area contributed by atoms with E-state index in [1.165, 1.54) is 16.7 Å². The molecule has 0 atom stereocenters. The number of aromatic nitrogens is 4. The Kier molecular flexibility index (Phi) is 5.09. The molecule has 2 heterocycles. The minimum Gasteiger partial charge on any atom is -0.274 e. The zero-order valence-electron chi connectivity index (χ0n) is 15.5. The van der Waals surface area contributed by atoms with Gasteiger partial charge in [-0.3, -0.25) is 4.57 Å². The van der Waals surface area contributed by atoms with Gasteiger partial charge in [0.05, 0.1) is 5.69 Å². The Bertz CT molecular complexity index is 1060. The fourth-order valence-corrected chi connectivity index (χ4v) is 4.66. The highest BCUT2D eigenvalue weighted by molar-refractivity contribution is 7.98. The molecule has 0 saturated carbocycles. The maximum absolute atomic E-state index is 4.80. The first-order valence-electron chi connectivity index (χ1n) is 8.73. The molecule has 0 aliphatic carbocycles. The van der Waals surface area contributed by atoms with Gasteiger partial charge in [-0.2, -0.15) is 0 Å². The summed E-state index contributed by atoms with van der Waals surface area (Å²) in [5.74, 6) is 1.66. The van der Waals surface area contributed by atoms with Crippen molar-refractivity contribution in [1.29, 1.82) is 0 Å². The number of benzene rings is 2. The molecular formula is C21H20N4S2. The molecule has 0 radical (unpaired) electrons. The molecule has 0 fully saturated rings. The Balaban J connectivity index is 1.52. The van der Waals surface area contributed by atoms with Crippen LogP contribution in [0.1, 0.15) is 22.6 Å². The number of thiazole rings is 1. The second-order valence-corrected chi connectivity index (χ2v) is 8.30. The van der Waals surface area contributed by atoms with Crippen molar-refractivity contribution >= 4 is 23.1 Å². The maximum atomic E-state index is 4.80. The monoisotopic (exact) mass is 392 g/mol. The largest absolute Gasteiger partial charge is 0.274 e.